The molecule has 0 radical (unpaired) electrons. The van der Waals surface area contributed by atoms with Crippen molar-refractivity contribution in [2.45, 2.75) is 6.42 Å². The SMILES string of the molecule is COc1ccc(N2CCCN2)cc1. The fraction of sp³-hybridized carbons (Fsp3) is 0.400. The highest BCUT2D eigenvalue weighted by Crippen LogP contribution is 2.19. The first kappa shape index (κ1) is 8.38. The van der Waals surface area contributed by atoms with Crippen molar-refractivity contribution in [1.29, 1.82) is 0 Å². The molecule has 0 bridgehead atoms. The third-order valence-electron chi connectivity index (χ3n) is 2.25. The molecule has 1 heterocycles. The summed E-state index contributed by atoms with van der Waals surface area (Å²) in [6, 6.07) is 8.10. The monoisotopic (exact) mass is 178 g/mol. The van der Waals surface area contributed by atoms with E-state index in [1.807, 2.05) is 12.1 Å². The molecule has 0 aliphatic carbocycles. The number of nitrogens with one attached hydrogen (secondary N) is 1. The van der Waals surface area contributed by atoms with Gasteiger partial charge in [0.15, 0.2) is 0 Å². The van der Waals surface area contributed by atoms with Crippen molar-refractivity contribution in [3.8, 4) is 5.75 Å². The minimum Gasteiger partial charge on any atom is -0.497 e. The summed E-state index contributed by atoms with van der Waals surface area (Å²) in [4.78, 5) is 0. The van der Waals surface area contributed by atoms with Gasteiger partial charge in [-0.05, 0) is 30.7 Å². The molecule has 0 aromatic heterocycles. The number of ether oxygens (including phenoxy) is 1. The van der Waals surface area contributed by atoms with Crippen LogP contribution < -0.4 is 15.2 Å². The second-order valence-corrected chi connectivity index (χ2v) is 3.11. The average Bonchev–Trinajstić information content (AvgIpc) is 2.71. The highest BCUT2D eigenvalue weighted by Gasteiger charge is 2.10. The van der Waals surface area contributed by atoms with Crippen LogP contribution >= 0.6 is 0 Å². The summed E-state index contributed by atoms with van der Waals surface area (Å²) >= 11 is 0. The fourth-order valence-corrected chi connectivity index (χ4v) is 1.51. The molecule has 0 atom stereocenters. The van der Waals surface area contributed by atoms with Gasteiger partial charge in [-0.1, -0.05) is 0 Å². The molecule has 1 fully saturated rings. The van der Waals surface area contributed by atoms with E-state index in [2.05, 4.69) is 22.6 Å². The molecule has 70 valence electrons. The van der Waals surface area contributed by atoms with Crippen molar-refractivity contribution in [2.75, 3.05) is 25.2 Å². The maximum absolute atomic E-state index is 5.09. The molecule has 0 saturated carbocycles. The summed E-state index contributed by atoms with van der Waals surface area (Å²) in [5, 5.41) is 2.17. The van der Waals surface area contributed by atoms with Gasteiger partial charge < -0.3 is 9.75 Å². The maximum atomic E-state index is 5.09. The van der Waals surface area contributed by atoms with Crippen LogP contribution in [-0.2, 0) is 0 Å². The molecule has 13 heavy (non-hydrogen) atoms. The van der Waals surface area contributed by atoms with E-state index >= 15 is 0 Å². The number of methoxy groups -OCH3 is 1. The van der Waals surface area contributed by atoms with Crippen LogP contribution in [0, 0.1) is 0 Å². The second kappa shape index (κ2) is 3.66. The second-order valence-electron chi connectivity index (χ2n) is 3.11. The molecule has 0 spiro atoms. The minimum atomic E-state index is 0.906. The molecule has 0 amide bonds. The third kappa shape index (κ3) is 1.75. The van der Waals surface area contributed by atoms with Crippen molar-refractivity contribution >= 4 is 5.69 Å². The summed E-state index contributed by atoms with van der Waals surface area (Å²) in [5.41, 5.74) is 4.51. The summed E-state index contributed by atoms with van der Waals surface area (Å²) in [5.74, 6) is 0.906. The molecular formula is C10H14N2O. The predicted molar refractivity (Wildman–Crippen MR) is 53.0 cm³/mol. The number of hydrazine groups is 1. The van der Waals surface area contributed by atoms with Crippen LogP contribution in [-0.4, -0.2) is 20.2 Å². The molecule has 3 heteroatoms. The van der Waals surface area contributed by atoms with E-state index in [1.54, 1.807) is 7.11 Å². The number of rotatable bonds is 2. The standard InChI is InChI=1S/C10H14N2O/c1-13-10-5-3-9(4-6-10)12-8-2-7-11-12/h3-6,11H,2,7-8H2,1H3. The zero-order valence-corrected chi connectivity index (χ0v) is 7.79. The van der Waals surface area contributed by atoms with Gasteiger partial charge in [-0.25, -0.2) is 5.43 Å². The van der Waals surface area contributed by atoms with Crippen LogP contribution in [0.15, 0.2) is 24.3 Å². The molecule has 1 aromatic rings. The molecule has 3 nitrogen and oxygen atoms in total. The molecular weight excluding hydrogens is 164 g/mol. The van der Waals surface area contributed by atoms with Crippen LogP contribution in [0.2, 0.25) is 0 Å². The largest absolute Gasteiger partial charge is 0.497 e. The van der Waals surface area contributed by atoms with Gasteiger partial charge in [-0.3, -0.25) is 0 Å². The Bertz CT molecular complexity index is 265. The molecule has 1 saturated heterocycles. The van der Waals surface area contributed by atoms with Crippen molar-refractivity contribution in [2.24, 2.45) is 0 Å². The molecule has 1 N–H and O–H groups in total. The van der Waals surface area contributed by atoms with Crippen LogP contribution in [0.1, 0.15) is 6.42 Å². The lowest BCUT2D eigenvalue weighted by Crippen LogP contribution is -2.30. The van der Waals surface area contributed by atoms with Gasteiger partial charge >= 0.3 is 0 Å². The summed E-state index contributed by atoms with van der Waals surface area (Å²) in [6.45, 7) is 2.17. The summed E-state index contributed by atoms with van der Waals surface area (Å²) in [7, 11) is 1.68. The Hall–Kier alpha value is -1.22. The van der Waals surface area contributed by atoms with Crippen molar-refractivity contribution < 1.29 is 4.74 Å². The molecule has 1 aliphatic rings. The lowest BCUT2D eigenvalue weighted by molar-refractivity contribution is 0.415. The van der Waals surface area contributed by atoms with Gasteiger partial charge in [-0.2, -0.15) is 0 Å². The zero-order chi connectivity index (χ0) is 9.10. The molecule has 2 rings (SSSR count). The van der Waals surface area contributed by atoms with Gasteiger partial charge in [0.1, 0.15) is 5.75 Å². The van der Waals surface area contributed by atoms with Crippen LogP contribution in [0.3, 0.4) is 0 Å². The topological polar surface area (TPSA) is 24.5 Å². The molecule has 0 unspecified atom stereocenters. The van der Waals surface area contributed by atoms with Crippen molar-refractivity contribution in [3.05, 3.63) is 24.3 Å². The number of nitrogens with zero attached hydrogens (tertiary/aromatic N) is 1. The third-order valence-corrected chi connectivity index (χ3v) is 2.25. The van der Waals surface area contributed by atoms with E-state index in [4.69, 9.17) is 4.74 Å². The van der Waals surface area contributed by atoms with Crippen molar-refractivity contribution in [3.63, 3.8) is 0 Å². The maximum Gasteiger partial charge on any atom is 0.119 e. The molecule has 1 aliphatic heterocycles. The van der Waals surface area contributed by atoms with E-state index in [0.29, 0.717) is 0 Å². The Morgan fingerprint density at radius 2 is 2.08 bits per heavy atom. The van der Waals surface area contributed by atoms with Gasteiger partial charge in [0.2, 0.25) is 0 Å². The summed E-state index contributed by atoms with van der Waals surface area (Å²) < 4.78 is 5.09. The highest BCUT2D eigenvalue weighted by atomic mass is 16.5. The Morgan fingerprint density at radius 1 is 1.31 bits per heavy atom. The van der Waals surface area contributed by atoms with E-state index in [9.17, 15) is 0 Å². The quantitative estimate of drug-likeness (QED) is 0.741. The van der Waals surface area contributed by atoms with Crippen molar-refractivity contribution in [1.82, 2.24) is 5.43 Å². The van der Waals surface area contributed by atoms with E-state index < -0.39 is 0 Å². The van der Waals surface area contributed by atoms with E-state index in [1.165, 1.54) is 12.1 Å². The van der Waals surface area contributed by atoms with Crippen LogP contribution in [0.5, 0.6) is 5.75 Å². The Labute approximate surface area is 78.3 Å². The smallest absolute Gasteiger partial charge is 0.119 e. The number of anilines is 1. The lowest BCUT2D eigenvalue weighted by Gasteiger charge is -2.17. The number of benzene rings is 1. The first-order valence-corrected chi connectivity index (χ1v) is 4.55. The summed E-state index contributed by atoms with van der Waals surface area (Å²) in [6.07, 6.45) is 1.21. The number of hydrogen-bond acceptors (Lipinski definition) is 3. The van der Waals surface area contributed by atoms with Gasteiger partial charge in [0.05, 0.1) is 12.8 Å². The van der Waals surface area contributed by atoms with E-state index in [0.717, 1.165) is 18.8 Å². The first-order chi connectivity index (χ1) is 6.40. The Morgan fingerprint density at radius 3 is 2.62 bits per heavy atom. The zero-order valence-electron chi connectivity index (χ0n) is 7.79. The van der Waals surface area contributed by atoms with Crippen LogP contribution in [0.25, 0.3) is 0 Å². The number of hydrogen-bond donors (Lipinski definition) is 1. The average molecular weight is 178 g/mol. The van der Waals surface area contributed by atoms with Gasteiger partial charge in [0, 0.05) is 13.1 Å². The van der Waals surface area contributed by atoms with Crippen LogP contribution in [0.4, 0.5) is 5.69 Å². The van der Waals surface area contributed by atoms with E-state index in [-0.39, 0.29) is 0 Å². The van der Waals surface area contributed by atoms with Gasteiger partial charge in [0.25, 0.3) is 0 Å². The lowest BCUT2D eigenvalue weighted by atomic mass is 10.3. The Kier molecular flexibility index (Phi) is 2.36. The first-order valence-electron chi connectivity index (χ1n) is 4.55. The van der Waals surface area contributed by atoms with Gasteiger partial charge in [-0.15, -0.1) is 0 Å². The molecule has 1 aromatic carbocycles. The minimum absolute atomic E-state index is 0.906. The highest BCUT2D eigenvalue weighted by molar-refractivity contribution is 5.48. The normalized spacial score (nSPS) is 16.2. The fourth-order valence-electron chi connectivity index (χ4n) is 1.51. The predicted octanol–water partition coefficient (Wildman–Crippen LogP) is 1.41. The Balaban J connectivity index is 2.12.